The summed E-state index contributed by atoms with van der Waals surface area (Å²) in [5.74, 6) is 0.454. The number of aromatic amines is 2. The van der Waals surface area contributed by atoms with Crippen molar-refractivity contribution in [1.29, 1.82) is 0 Å². The highest BCUT2D eigenvalue weighted by atomic mass is 16.5. The van der Waals surface area contributed by atoms with Gasteiger partial charge in [0.05, 0.1) is 45.7 Å². The van der Waals surface area contributed by atoms with E-state index in [-0.39, 0.29) is 23.7 Å². The molecule has 3 aromatic carbocycles. The van der Waals surface area contributed by atoms with Crippen LogP contribution < -0.4 is 31.3 Å². The average Bonchev–Trinajstić information content (AvgIpc) is 4.13. The third-order valence-corrected chi connectivity index (χ3v) is 11.5. The van der Waals surface area contributed by atoms with Gasteiger partial charge in [-0.1, -0.05) is 12.1 Å². The molecule has 332 valence electrons. The average molecular weight is 876 g/mol. The smallest absolute Gasteiger partial charge is 0.272 e. The second kappa shape index (κ2) is 17.6. The van der Waals surface area contributed by atoms with Gasteiger partial charge in [-0.05, 0) is 80.2 Å². The fourth-order valence-electron chi connectivity index (χ4n) is 8.05. The van der Waals surface area contributed by atoms with Crippen molar-refractivity contribution in [3.63, 3.8) is 0 Å². The van der Waals surface area contributed by atoms with Crippen molar-refractivity contribution in [2.24, 2.45) is 26.9 Å². The largest absolute Gasteiger partial charge is 0.494 e. The van der Waals surface area contributed by atoms with Crippen molar-refractivity contribution in [2.45, 2.75) is 12.8 Å². The lowest BCUT2D eigenvalue weighted by Crippen LogP contribution is -2.44. The minimum atomic E-state index is -0.615. The molecule has 7 N–H and O–H groups in total. The Morgan fingerprint density at radius 1 is 0.646 bits per heavy atom. The molecule has 0 aliphatic carbocycles. The summed E-state index contributed by atoms with van der Waals surface area (Å²) >= 11 is 0. The number of nitrogens with one attached hydrogen (secondary N) is 5. The fraction of sp³-hybridized carbons (Fsp3) is 0.234. The molecule has 0 atom stereocenters. The first-order chi connectivity index (χ1) is 31.3. The zero-order valence-electron chi connectivity index (χ0n) is 36.4. The predicted octanol–water partition coefficient (Wildman–Crippen LogP) is 5.94. The Hall–Kier alpha value is -8.12. The molecule has 18 nitrogen and oxygen atoms in total. The summed E-state index contributed by atoms with van der Waals surface area (Å²) < 4.78 is 10.7. The van der Waals surface area contributed by atoms with Gasteiger partial charge in [0.2, 0.25) is 5.91 Å². The van der Waals surface area contributed by atoms with E-state index < -0.39 is 17.7 Å². The maximum absolute atomic E-state index is 13.2. The van der Waals surface area contributed by atoms with Crippen molar-refractivity contribution < 1.29 is 23.9 Å². The van der Waals surface area contributed by atoms with E-state index in [1.165, 1.54) is 22.4 Å². The number of imidazole rings is 2. The third kappa shape index (κ3) is 9.19. The number of H-pyrrole nitrogens is 2. The first-order valence-electron chi connectivity index (χ1n) is 21.2. The van der Waals surface area contributed by atoms with Crippen LogP contribution in [-0.4, -0.2) is 102 Å². The number of nitrogens with zero attached hydrogens (tertiary/aromatic N) is 7. The maximum atomic E-state index is 13.2. The molecule has 1 saturated heterocycles. The maximum Gasteiger partial charge on any atom is 0.272 e. The van der Waals surface area contributed by atoms with Gasteiger partial charge in [0.1, 0.15) is 34.5 Å². The Morgan fingerprint density at radius 2 is 1.20 bits per heavy atom. The van der Waals surface area contributed by atoms with Crippen molar-refractivity contribution >= 4 is 68.4 Å². The van der Waals surface area contributed by atoms with Gasteiger partial charge >= 0.3 is 0 Å². The van der Waals surface area contributed by atoms with Crippen molar-refractivity contribution in [2.75, 3.05) is 60.7 Å². The van der Waals surface area contributed by atoms with Crippen LogP contribution in [0.4, 0.5) is 22.7 Å². The number of aryl methyl sites for hydroxylation is 3. The number of hydrogen-bond acceptors (Lipinski definition) is 9. The van der Waals surface area contributed by atoms with Gasteiger partial charge in [0, 0.05) is 89.1 Å². The lowest BCUT2D eigenvalue weighted by molar-refractivity contribution is -0.116. The number of amides is 4. The molecule has 1 fully saturated rings. The monoisotopic (exact) mass is 875 g/mol. The molecule has 65 heavy (non-hydrogen) atoms. The highest BCUT2D eigenvalue weighted by Crippen LogP contribution is 2.30. The summed E-state index contributed by atoms with van der Waals surface area (Å²) in [6.07, 6.45) is 5.50. The quantitative estimate of drug-likeness (QED) is 0.0712. The number of fused-ring (bicyclic) bond motifs is 2. The number of ether oxygens (including phenoxy) is 1. The topological polar surface area (TPSA) is 218 Å². The van der Waals surface area contributed by atoms with Gasteiger partial charge in [0.25, 0.3) is 17.7 Å². The molecule has 18 heteroatoms. The standard InChI is InChI=1S/C47H49N13O5/c1-56-14-16-60(17-15-56)33-11-13-36-38(24-33)55-45(53-36)29-10-12-35-37(20-29)54-44(52-35)28-7-5-8-34(19-28)65-18-6-9-42(61)49-30-22-40(58(3)25-30)46(63)51-32-23-41(59(4)27-32)47(64)50-31-21-39(43(48)62)57(2)26-31/h5,7-8,10-13,19-27H,6,9,14-18H2,1-4H3,(H2,48,62)(H,49,61)(H,50,64)(H,51,63)(H,52,54)(H,53,55). The van der Waals surface area contributed by atoms with E-state index in [0.717, 1.165) is 65.2 Å². The molecule has 6 heterocycles. The Bertz CT molecular complexity index is 3110. The third-order valence-electron chi connectivity index (χ3n) is 11.5. The summed E-state index contributed by atoms with van der Waals surface area (Å²) in [6.45, 7) is 4.42. The molecule has 0 radical (unpaired) electrons. The number of piperazine rings is 1. The molecule has 5 aromatic heterocycles. The van der Waals surface area contributed by atoms with Gasteiger partial charge in [-0.3, -0.25) is 19.2 Å². The number of carbonyl (C=O) groups is 4. The molecule has 1 aliphatic heterocycles. The van der Waals surface area contributed by atoms with Crippen LogP contribution in [0.1, 0.15) is 44.3 Å². The van der Waals surface area contributed by atoms with Crippen LogP contribution in [0.2, 0.25) is 0 Å². The van der Waals surface area contributed by atoms with Crippen LogP contribution in [0.3, 0.4) is 0 Å². The second-order valence-corrected chi connectivity index (χ2v) is 16.4. The summed E-state index contributed by atoms with van der Waals surface area (Å²) in [6, 6.07) is 24.8. The molecule has 1 aliphatic rings. The Kier molecular flexibility index (Phi) is 11.4. The number of likely N-dealkylation sites (N-methyl/N-ethyl adjacent to an activating group) is 1. The minimum absolute atomic E-state index is 0.201. The second-order valence-electron chi connectivity index (χ2n) is 16.4. The van der Waals surface area contributed by atoms with E-state index in [0.29, 0.717) is 47.4 Å². The number of carbonyl (C=O) groups excluding carboxylic acids is 4. The van der Waals surface area contributed by atoms with E-state index >= 15 is 0 Å². The number of aromatic nitrogens is 7. The number of benzene rings is 3. The summed E-state index contributed by atoms with van der Waals surface area (Å²) in [7, 11) is 7.18. The van der Waals surface area contributed by atoms with Crippen molar-refractivity contribution in [1.82, 2.24) is 38.5 Å². The number of primary amides is 1. The Morgan fingerprint density at radius 3 is 1.82 bits per heavy atom. The van der Waals surface area contributed by atoms with Crippen LogP contribution in [0.5, 0.6) is 5.75 Å². The lowest BCUT2D eigenvalue weighted by atomic mass is 10.2. The zero-order chi connectivity index (χ0) is 45.4. The fourth-order valence-corrected chi connectivity index (χ4v) is 8.05. The number of nitrogens with two attached hydrogens (primary N) is 1. The van der Waals surface area contributed by atoms with Gasteiger partial charge in [0.15, 0.2) is 0 Å². The lowest BCUT2D eigenvalue weighted by Gasteiger charge is -2.34. The predicted molar refractivity (Wildman–Crippen MR) is 250 cm³/mol. The first kappa shape index (κ1) is 42.2. The van der Waals surface area contributed by atoms with E-state index in [4.69, 9.17) is 20.4 Å². The molecule has 0 saturated carbocycles. The van der Waals surface area contributed by atoms with Crippen LogP contribution in [0.25, 0.3) is 44.8 Å². The molecule has 8 aromatic rings. The van der Waals surface area contributed by atoms with Crippen molar-refractivity contribution in [3.8, 4) is 28.5 Å². The van der Waals surface area contributed by atoms with E-state index in [1.54, 1.807) is 54.9 Å². The van der Waals surface area contributed by atoms with E-state index in [1.807, 2.05) is 36.4 Å². The van der Waals surface area contributed by atoms with E-state index in [9.17, 15) is 19.2 Å². The van der Waals surface area contributed by atoms with E-state index in [2.05, 4.69) is 67.0 Å². The summed E-state index contributed by atoms with van der Waals surface area (Å²) in [5.41, 5.74) is 14.1. The summed E-state index contributed by atoms with van der Waals surface area (Å²) in [4.78, 5) is 72.2. The first-order valence-corrected chi connectivity index (χ1v) is 21.2. The molecule has 9 rings (SSSR count). The number of rotatable bonds is 14. The van der Waals surface area contributed by atoms with Crippen LogP contribution in [0, 0.1) is 0 Å². The van der Waals surface area contributed by atoms with Gasteiger partial charge < -0.3 is 59.9 Å². The number of hydrogen-bond donors (Lipinski definition) is 6. The van der Waals surface area contributed by atoms with Crippen LogP contribution in [0.15, 0.2) is 97.5 Å². The Balaban J connectivity index is 0.758. The van der Waals surface area contributed by atoms with Crippen LogP contribution >= 0.6 is 0 Å². The van der Waals surface area contributed by atoms with Gasteiger partial charge in [-0.25, -0.2) is 9.97 Å². The van der Waals surface area contributed by atoms with Crippen molar-refractivity contribution in [3.05, 3.63) is 115 Å². The minimum Gasteiger partial charge on any atom is -0.494 e. The molecule has 0 bridgehead atoms. The summed E-state index contributed by atoms with van der Waals surface area (Å²) in [5, 5.41) is 8.41. The molecular weight excluding hydrogens is 827 g/mol. The van der Waals surface area contributed by atoms with Crippen LogP contribution in [-0.2, 0) is 25.9 Å². The SMILES string of the molecule is CN1CCN(c2ccc3nc(-c4ccc5nc(-c6cccc(OCCCC(=O)Nc7cc(C(=O)Nc8cc(C(=O)Nc9cc(C(N)=O)n(C)c9)n(C)c8)n(C)c7)c6)[nH]c5c4)[nH]c3c2)CC1. The molecule has 0 spiro atoms. The normalized spacial score (nSPS) is 13.1. The molecule has 0 unspecified atom stereocenters. The molecular formula is C47H49N13O5. The molecule has 4 amide bonds. The number of anilines is 4. The van der Waals surface area contributed by atoms with Gasteiger partial charge in [-0.2, -0.15) is 0 Å². The van der Waals surface area contributed by atoms with Gasteiger partial charge in [-0.15, -0.1) is 0 Å². The highest BCUT2D eigenvalue weighted by Gasteiger charge is 2.20. The highest BCUT2D eigenvalue weighted by molar-refractivity contribution is 6.07. The zero-order valence-corrected chi connectivity index (χ0v) is 36.4. The Labute approximate surface area is 373 Å².